The molecule has 2 aliphatic rings. The number of hydrogen-bond donors (Lipinski definition) is 1. The lowest BCUT2D eigenvalue weighted by molar-refractivity contribution is -0.131. The number of sulfonamides is 1. The number of rotatable bonds is 4. The van der Waals surface area contributed by atoms with E-state index in [1.165, 1.54) is 37.3 Å². The number of hydrogen-bond acceptors (Lipinski definition) is 5. The van der Waals surface area contributed by atoms with E-state index in [0.29, 0.717) is 4.31 Å². The van der Waals surface area contributed by atoms with Gasteiger partial charge in [-0.3, -0.25) is 14.5 Å². The molecule has 8 nitrogen and oxygen atoms in total. The molecule has 4 amide bonds. The molecule has 0 aromatic heterocycles. The molecule has 2 heterocycles. The third-order valence-electron chi connectivity index (χ3n) is 5.21. The lowest BCUT2D eigenvalue weighted by Crippen LogP contribution is -2.43. The molecule has 0 radical (unpaired) electrons. The predicted octanol–water partition coefficient (Wildman–Crippen LogP) is 1.58. The maximum Gasteiger partial charge on any atom is 0.325 e. The number of urea groups is 1. The molecule has 2 aromatic carbocycles. The zero-order valence-corrected chi connectivity index (χ0v) is 16.4. The zero-order valence-electron chi connectivity index (χ0n) is 15.6. The maximum absolute atomic E-state index is 13.6. The van der Waals surface area contributed by atoms with Gasteiger partial charge in [-0.05, 0) is 36.8 Å². The molecule has 4 rings (SSSR count). The van der Waals surface area contributed by atoms with Crippen LogP contribution in [0.25, 0.3) is 0 Å². The van der Waals surface area contributed by atoms with Crippen molar-refractivity contribution in [2.75, 3.05) is 13.1 Å². The van der Waals surface area contributed by atoms with E-state index in [1.54, 1.807) is 0 Å². The van der Waals surface area contributed by atoms with Crippen LogP contribution in [0.3, 0.4) is 0 Å². The number of imide groups is 1. The number of carbonyl (C=O) groups excluding carboxylic acids is 3. The Morgan fingerprint density at radius 1 is 1.00 bits per heavy atom. The molecular weight excluding hydrogens is 420 g/mol. The second kappa shape index (κ2) is 6.59. The summed E-state index contributed by atoms with van der Waals surface area (Å²) >= 11 is 0. The van der Waals surface area contributed by atoms with Gasteiger partial charge in [-0.2, -0.15) is 0 Å². The molecule has 0 bridgehead atoms. The molecule has 1 saturated heterocycles. The third-order valence-corrected chi connectivity index (χ3v) is 7.05. The summed E-state index contributed by atoms with van der Waals surface area (Å²) in [5.41, 5.74) is -1.62. The van der Waals surface area contributed by atoms with Crippen molar-refractivity contribution in [3.63, 3.8) is 0 Å². The third kappa shape index (κ3) is 2.76. The van der Waals surface area contributed by atoms with Crippen LogP contribution >= 0.6 is 0 Å². The van der Waals surface area contributed by atoms with Crippen molar-refractivity contribution in [3.05, 3.63) is 65.2 Å². The Labute approximate surface area is 170 Å². The topological polar surface area (TPSA) is 104 Å². The fourth-order valence-electron chi connectivity index (χ4n) is 3.55. The summed E-state index contributed by atoms with van der Waals surface area (Å²) in [5.74, 6) is -3.81. The normalized spacial score (nSPS) is 22.4. The minimum Gasteiger partial charge on any atom is -0.319 e. The number of nitrogens with one attached hydrogen (secondary N) is 1. The minimum atomic E-state index is -4.09. The summed E-state index contributed by atoms with van der Waals surface area (Å²) in [5, 5.41) is 2.41. The van der Waals surface area contributed by atoms with Crippen LogP contribution in [0.1, 0.15) is 22.8 Å². The van der Waals surface area contributed by atoms with Crippen molar-refractivity contribution < 1.29 is 31.6 Å². The number of carbonyl (C=O) groups is 3. The Bertz CT molecular complexity index is 1220. The standard InChI is InChI=1S/C19H15F2N3O5S/c1-19(11-6-7-13(20)14(21)10-11)17(26)23(18(27)22-19)8-9-24-16(25)12-4-2-3-5-15(12)30(24,28)29/h2-7,10H,8-9H2,1H3,(H,22,27). The number of amides is 4. The van der Waals surface area contributed by atoms with E-state index in [0.717, 1.165) is 17.0 Å². The van der Waals surface area contributed by atoms with E-state index in [1.807, 2.05) is 0 Å². The van der Waals surface area contributed by atoms with Crippen molar-refractivity contribution in [3.8, 4) is 0 Å². The van der Waals surface area contributed by atoms with Crippen molar-refractivity contribution in [1.82, 2.24) is 14.5 Å². The van der Waals surface area contributed by atoms with Gasteiger partial charge in [-0.15, -0.1) is 0 Å². The average molecular weight is 435 g/mol. The molecule has 0 aliphatic carbocycles. The number of fused-ring (bicyclic) bond motifs is 1. The fraction of sp³-hybridized carbons (Fsp3) is 0.211. The molecule has 30 heavy (non-hydrogen) atoms. The Kier molecular flexibility index (Phi) is 4.38. The highest BCUT2D eigenvalue weighted by Crippen LogP contribution is 2.32. The largest absolute Gasteiger partial charge is 0.325 e. The molecule has 0 saturated carbocycles. The van der Waals surface area contributed by atoms with Gasteiger partial charge in [0, 0.05) is 6.54 Å². The van der Waals surface area contributed by atoms with E-state index >= 15 is 0 Å². The summed E-state index contributed by atoms with van der Waals surface area (Å²) in [6, 6.07) is 7.67. The summed E-state index contributed by atoms with van der Waals surface area (Å²) in [6.45, 7) is 0.485. The van der Waals surface area contributed by atoms with Crippen LogP contribution in [0.4, 0.5) is 13.6 Å². The summed E-state index contributed by atoms with van der Waals surface area (Å²) in [4.78, 5) is 38.3. The molecule has 1 fully saturated rings. The Morgan fingerprint density at radius 3 is 2.37 bits per heavy atom. The average Bonchev–Trinajstić information content (AvgIpc) is 3.04. The Balaban J connectivity index is 1.56. The van der Waals surface area contributed by atoms with Crippen LogP contribution < -0.4 is 5.32 Å². The zero-order chi connectivity index (χ0) is 21.8. The van der Waals surface area contributed by atoms with Crippen molar-refractivity contribution in [1.29, 1.82) is 0 Å². The molecular formula is C19H15F2N3O5S. The van der Waals surface area contributed by atoms with Crippen LogP contribution in [0.5, 0.6) is 0 Å². The van der Waals surface area contributed by atoms with Gasteiger partial charge in [-0.25, -0.2) is 26.3 Å². The molecule has 2 aliphatic heterocycles. The van der Waals surface area contributed by atoms with E-state index in [-0.39, 0.29) is 16.0 Å². The van der Waals surface area contributed by atoms with E-state index in [4.69, 9.17) is 0 Å². The SMILES string of the molecule is CC1(c2ccc(F)c(F)c2)NC(=O)N(CCN2C(=O)c3ccccc3S2(=O)=O)C1=O. The first kappa shape index (κ1) is 20.0. The van der Waals surface area contributed by atoms with Gasteiger partial charge in [0.2, 0.25) is 0 Å². The fourth-order valence-corrected chi connectivity index (χ4v) is 5.11. The van der Waals surface area contributed by atoms with Gasteiger partial charge in [0.15, 0.2) is 11.6 Å². The van der Waals surface area contributed by atoms with Gasteiger partial charge in [0.25, 0.3) is 21.8 Å². The smallest absolute Gasteiger partial charge is 0.319 e. The maximum atomic E-state index is 13.6. The number of halogens is 2. The van der Waals surface area contributed by atoms with Gasteiger partial charge < -0.3 is 5.32 Å². The molecule has 1 N–H and O–H groups in total. The van der Waals surface area contributed by atoms with Crippen LogP contribution in [0, 0.1) is 11.6 Å². The van der Waals surface area contributed by atoms with Crippen molar-refractivity contribution in [2.45, 2.75) is 17.4 Å². The second-order valence-electron chi connectivity index (χ2n) is 7.02. The summed E-state index contributed by atoms with van der Waals surface area (Å²) in [6.07, 6.45) is 0. The number of nitrogens with zero attached hydrogens (tertiary/aromatic N) is 2. The van der Waals surface area contributed by atoms with Crippen LogP contribution in [-0.2, 0) is 20.4 Å². The Morgan fingerprint density at radius 2 is 1.70 bits per heavy atom. The van der Waals surface area contributed by atoms with Gasteiger partial charge in [0.1, 0.15) is 10.4 Å². The van der Waals surface area contributed by atoms with Crippen molar-refractivity contribution in [2.24, 2.45) is 0 Å². The highest BCUT2D eigenvalue weighted by atomic mass is 32.2. The second-order valence-corrected chi connectivity index (χ2v) is 8.85. The summed E-state index contributed by atoms with van der Waals surface area (Å²) < 4.78 is 52.6. The van der Waals surface area contributed by atoms with Gasteiger partial charge in [0.05, 0.1) is 12.1 Å². The quantitative estimate of drug-likeness (QED) is 0.735. The lowest BCUT2D eigenvalue weighted by atomic mass is 9.92. The highest BCUT2D eigenvalue weighted by molar-refractivity contribution is 7.90. The van der Waals surface area contributed by atoms with Crippen LogP contribution in [0.15, 0.2) is 47.4 Å². The molecule has 11 heteroatoms. The Hall–Kier alpha value is -3.34. The van der Waals surface area contributed by atoms with E-state index < -0.39 is 58.1 Å². The van der Waals surface area contributed by atoms with Gasteiger partial charge in [-0.1, -0.05) is 18.2 Å². The van der Waals surface area contributed by atoms with Crippen molar-refractivity contribution >= 4 is 27.9 Å². The first-order valence-corrected chi connectivity index (χ1v) is 10.3. The minimum absolute atomic E-state index is 0.0151. The first-order valence-electron chi connectivity index (χ1n) is 8.83. The predicted molar refractivity (Wildman–Crippen MR) is 98.6 cm³/mol. The molecule has 1 atom stereocenters. The monoisotopic (exact) mass is 435 g/mol. The van der Waals surface area contributed by atoms with E-state index in [9.17, 15) is 31.6 Å². The molecule has 1 unspecified atom stereocenters. The van der Waals surface area contributed by atoms with Crippen LogP contribution in [0.2, 0.25) is 0 Å². The molecule has 156 valence electrons. The highest BCUT2D eigenvalue weighted by Gasteiger charge is 2.50. The van der Waals surface area contributed by atoms with E-state index in [2.05, 4.69) is 5.32 Å². The van der Waals surface area contributed by atoms with Crippen LogP contribution in [-0.4, -0.2) is 48.6 Å². The lowest BCUT2D eigenvalue weighted by Gasteiger charge is -2.23. The summed E-state index contributed by atoms with van der Waals surface area (Å²) in [7, 11) is -4.09. The molecule has 0 spiro atoms. The number of benzene rings is 2. The first-order chi connectivity index (χ1) is 14.1. The molecule has 2 aromatic rings. The van der Waals surface area contributed by atoms with Gasteiger partial charge >= 0.3 is 6.03 Å².